The average Bonchev–Trinajstić information content (AvgIpc) is 3.24. The minimum absolute atomic E-state index is 0.0158. The number of ether oxygens (including phenoxy) is 1. The maximum Gasteiger partial charge on any atom is 0.243 e. The Balaban J connectivity index is 1.65. The first-order valence-electron chi connectivity index (χ1n) is 11.9. The molecule has 0 aliphatic heterocycles. The molecule has 1 unspecified atom stereocenters. The predicted octanol–water partition coefficient (Wildman–Crippen LogP) is 3.15. The van der Waals surface area contributed by atoms with Crippen molar-refractivity contribution >= 4 is 11.9 Å². The highest BCUT2D eigenvalue weighted by Gasteiger charge is 2.33. The monoisotopic (exact) mass is 428 g/mol. The number of carbonyl (C=O) groups is 1. The van der Waals surface area contributed by atoms with E-state index in [2.05, 4.69) is 46.8 Å². The number of guanidine groups is 1. The van der Waals surface area contributed by atoms with Crippen LogP contribution in [0.25, 0.3) is 0 Å². The summed E-state index contributed by atoms with van der Waals surface area (Å²) in [5.74, 6) is 0.782. The summed E-state index contributed by atoms with van der Waals surface area (Å²) in [4.78, 5) is 18.4. The molecular formula is C25H40N4O2. The molecule has 3 rings (SSSR count). The highest BCUT2D eigenvalue weighted by molar-refractivity contribution is 5.85. The van der Waals surface area contributed by atoms with E-state index in [0.717, 1.165) is 51.4 Å². The highest BCUT2D eigenvalue weighted by Crippen LogP contribution is 2.40. The summed E-state index contributed by atoms with van der Waals surface area (Å²) in [5, 5.41) is 7.24. The zero-order valence-corrected chi connectivity index (χ0v) is 19.6. The van der Waals surface area contributed by atoms with Crippen molar-refractivity contribution in [3.8, 4) is 0 Å². The van der Waals surface area contributed by atoms with E-state index in [4.69, 9.17) is 4.74 Å². The number of nitrogens with zero attached hydrogens (tertiary/aromatic N) is 2. The van der Waals surface area contributed by atoms with Gasteiger partial charge < -0.3 is 20.3 Å². The molecule has 1 aromatic carbocycles. The zero-order chi connectivity index (χ0) is 22.1. The third-order valence-electron chi connectivity index (χ3n) is 6.83. The van der Waals surface area contributed by atoms with Crippen LogP contribution in [-0.4, -0.2) is 63.2 Å². The summed E-state index contributed by atoms with van der Waals surface area (Å²) in [5.41, 5.74) is 3.14. The maximum atomic E-state index is 12.1. The topological polar surface area (TPSA) is 66.0 Å². The number of nitrogens with one attached hydrogen (secondary N) is 2. The minimum atomic E-state index is 0.0158. The molecular weight excluding hydrogens is 388 g/mol. The quantitative estimate of drug-likeness (QED) is 0.360. The lowest BCUT2D eigenvalue weighted by Gasteiger charge is -2.32. The van der Waals surface area contributed by atoms with E-state index >= 15 is 0 Å². The summed E-state index contributed by atoms with van der Waals surface area (Å²) in [6.07, 6.45) is 9.26. The predicted molar refractivity (Wildman–Crippen MR) is 126 cm³/mol. The van der Waals surface area contributed by atoms with Gasteiger partial charge in [0, 0.05) is 39.9 Å². The van der Waals surface area contributed by atoms with Crippen molar-refractivity contribution in [3.05, 3.63) is 35.4 Å². The molecule has 1 amide bonds. The molecule has 0 radical (unpaired) electrons. The van der Waals surface area contributed by atoms with E-state index in [1.807, 2.05) is 0 Å². The van der Waals surface area contributed by atoms with E-state index < -0.39 is 0 Å². The largest absolute Gasteiger partial charge is 0.382 e. The SMILES string of the molecule is CCOCCC1(CNC(=NCC(=O)N(C)C)NC2CCc3ccccc3C2)CCCC1. The fourth-order valence-corrected chi connectivity index (χ4v) is 4.80. The fraction of sp³-hybridized carbons (Fsp3) is 0.680. The Morgan fingerprint density at radius 3 is 2.68 bits per heavy atom. The Morgan fingerprint density at radius 2 is 1.97 bits per heavy atom. The summed E-state index contributed by atoms with van der Waals surface area (Å²) in [6.45, 7) is 4.69. The van der Waals surface area contributed by atoms with Crippen LogP contribution in [0, 0.1) is 5.41 Å². The normalized spacial score (nSPS) is 20.2. The van der Waals surface area contributed by atoms with Crippen molar-refractivity contribution in [2.45, 2.75) is 64.3 Å². The van der Waals surface area contributed by atoms with E-state index in [1.165, 1.54) is 36.8 Å². The number of benzene rings is 1. The molecule has 1 fully saturated rings. The number of fused-ring (bicyclic) bond motifs is 1. The van der Waals surface area contributed by atoms with Gasteiger partial charge in [-0.25, -0.2) is 4.99 Å². The molecule has 2 aliphatic carbocycles. The molecule has 0 aromatic heterocycles. The number of amides is 1. The van der Waals surface area contributed by atoms with Crippen molar-refractivity contribution in [3.63, 3.8) is 0 Å². The first kappa shape index (κ1) is 23.6. The van der Waals surface area contributed by atoms with Gasteiger partial charge in [0.05, 0.1) is 0 Å². The third-order valence-corrected chi connectivity index (χ3v) is 6.83. The van der Waals surface area contributed by atoms with E-state index in [-0.39, 0.29) is 17.9 Å². The molecule has 0 heterocycles. The molecule has 0 bridgehead atoms. The van der Waals surface area contributed by atoms with Gasteiger partial charge in [-0.3, -0.25) is 4.79 Å². The summed E-state index contributed by atoms with van der Waals surface area (Å²) < 4.78 is 5.66. The van der Waals surface area contributed by atoms with E-state index in [0.29, 0.717) is 6.04 Å². The van der Waals surface area contributed by atoms with Gasteiger partial charge in [-0.2, -0.15) is 0 Å². The van der Waals surface area contributed by atoms with Crippen molar-refractivity contribution in [2.75, 3.05) is 40.4 Å². The van der Waals surface area contributed by atoms with Gasteiger partial charge in [0.25, 0.3) is 0 Å². The summed E-state index contributed by atoms with van der Waals surface area (Å²) in [7, 11) is 3.55. The van der Waals surface area contributed by atoms with E-state index in [1.54, 1.807) is 19.0 Å². The molecule has 1 atom stereocenters. The second-order valence-electron chi connectivity index (χ2n) is 9.31. The van der Waals surface area contributed by atoms with Gasteiger partial charge in [0.1, 0.15) is 6.54 Å². The molecule has 1 saturated carbocycles. The summed E-state index contributed by atoms with van der Waals surface area (Å²) >= 11 is 0. The van der Waals surface area contributed by atoms with Crippen molar-refractivity contribution in [2.24, 2.45) is 10.4 Å². The lowest BCUT2D eigenvalue weighted by Crippen LogP contribution is -2.49. The third kappa shape index (κ3) is 6.96. The van der Waals surface area contributed by atoms with Crippen LogP contribution in [0.1, 0.15) is 56.6 Å². The average molecular weight is 429 g/mol. The Morgan fingerprint density at radius 1 is 1.23 bits per heavy atom. The second kappa shape index (κ2) is 11.5. The smallest absolute Gasteiger partial charge is 0.243 e. The molecule has 0 saturated heterocycles. The number of aliphatic imine (C=N–C) groups is 1. The molecule has 2 aliphatic rings. The molecule has 1 aromatic rings. The zero-order valence-electron chi connectivity index (χ0n) is 19.6. The number of rotatable bonds is 9. The van der Waals surface area contributed by atoms with Crippen LogP contribution >= 0.6 is 0 Å². The molecule has 6 nitrogen and oxygen atoms in total. The minimum Gasteiger partial charge on any atom is -0.382 e. The molecule has 172 valence electrons. The second-order valence-corrected chi connectivity index (χ2v) is 9.31. The van der Waals surface area contributed by atoms with Gasteiger partial charge in [0.2, 0.25) is 5.91 Å². The van der Waals surface area contributed by atoms with Gasteiger partial charge >= 0.3 is 0 Å². The standard InChI is InChI=1S/C25H40N4O2/c1-4-31-16-15-25(13-7-8-14-25)19-27-24(26-18-23(30)29(2)3)28-22-12-11-20-9-5-6-10-21(20)17-22/h5-6,9-10,22H,4,7-8,11-19H2,1-3H3,(H2,26,27,28). The van der Waals surface area contributed by atoms with Crippen molar-refractivity contribution < 1.29 is 9.53 Å². The number of hydrogen-bond acceptors (Lipinski definition) is 3. The van der Waals surface area contributed by atoms with Gasteiger partial charge in [-0.05, 0) is 62.0 Å². The first-order valence-corrected chi connectivity index (χ1v) is 11.9. The lowest BCUT2D eigenvalue weighted by atomic mass is 9.83. The van der Waals surface area contributed by atoms with Gasteiger partial charge in [-0.15, -0.1) is 0 Å². The number of hydrogen-bond donors (Lipinski definition) is 2. The lowest BCUT2D eigenvalue weighted by molar-refractivity contribution is -0.127. The maximum absolute atomic E-state index is 12.1. The van der Waals surface area contributed by atoms with Crippen LogP contribution in [0.4, 0.5) is 0 Å². The van der Waals surface area contributed by atoms with Crippen LogP contribution in [0.5, 0.6) is 0 Å². The highest BCUT2D eigenvalue weighted by atomic mass is 16.5. The Bertz CT molecular complexity index is 741. The molecule has 2 N–H and O–H groups in total. The van der Waals surface area contributed by atoms with Crippen LogP contribution in [0.2, 0.25) is 0 Å². The van der Waals surface area contributed by atoms with Crippen LogP contribution in [0.3, 0.4) is 0 Å². The Hall–Kier alpha value is -2.08. The molecule has 31 heavy (non-hydrogen) atoms. The van der Waals surface area contributed by atoms with Crippen LogP contribution in [-0.2, 0) is 22.4 Å². The molecule has 0 spiro atoms. The van der Waals surface area contributed by atoms with Gasteiger partial charge in [-0.1, -0.05) is 37.1 Å². The first-order chi connectivity index (χ1) is 15.0. The Labute approximate surface area is 187 Å². The van der Waals surface area contributed by atoms with Crippen molar-refractivity contribution in [1.82, 2.24) is 15.5 Å². The fourth-order valence-electron chi connectivity index (χ4n) is 4.80. The van der Waals surface area contributed by atoms with Crippen LogP contribution < -0.4 is 10.6 Å². The van der Waals surface area contributed by atoms with E-state index in [9.17, 15) is 4.79 Å². The van der Waals surface area contributed by atoms with Crippen LogP contribution in [0.15, 0.2) is 29.3 Å². The molecule has 6 heteroatoms. The summed E-state index contributed by atoms with van der Waals surface area (Å²) in [6, 6.07) is 9.03. The van der Waals surface area contributed by atoms with Gasteiger partial charge in [0.15, 0.2) is 5.96 Å². The Kier molecular flexibility index (Phi) is 8.76. The van der Waals surface area contributed by atoms with Crippen molar-refractivity contribution in [1.29, 1.82) is 0 Å². The number of carbonyl (C=O) groups excluding carboxylic acids is 1. The number of aryl methyl sites for hydroxylation is 1. The number of likely N-dealkylation sites (N-methyl/N-ethyl adjacent to an activating group) is 1.